The molecule has 1 aromatic heterocycles. The van der Waals surface area contributed by atoms with E-state index in [0.29, 0.717) is 11.5 Å². The molecule has 154 valence electrons. The number of nitrogens with one attached hydrogen (secondary N) is 2. The van der Waals surface area contributed by atoms with Gasteiger partial charge in [-0.3, -0.25) is 9.78 Å². The van der Waals surface area contributed by atoms with Crippen molar-refractivity contribution < 1.29 is 4.79 Å². The average Bonchev–Trinajstić information content (AvgIpc) is 3.60. The quantitative estimate of drug-likeness (QED) is 0.536. The lowest BCUT2D eigenvalue weighted by Gasteiger charge is -2.10. The van der Waals surface area contributed by atoms with Crippen molar-refractivity contribution in [1.29, 1.82) is 0 Å². The van der Waals surface area contributed by atoms with Gasteiger partial charge in [-0.05, 0) is 67.3 Å². The Morgan fingerprint density at radius 2 is 1.84 bits per heavy atom. The maximum absolute atomic E-state index is 12.7. The zero-order valence-corrected chi connectivity index (χ0v) is 17.3. The van der Waals surface area contributed by atoms with Gasteiger partial charge in [-0.1, -0.05) is 42.5 Å². The van der Waals surface area contributed by atoms with Crippen LogP contribution in [0.25, 0.3) is 11.3 Å². The van der Waals surface area contributed by atoms with Crippen LogP contribution in [-0.4, -0.2) is 16.9 Å². The van der Waals surface area contributed by atoms with E-state index in [1.165, 1.54) is 5.57 Å². The normalized spacial score (nSPS) is 19.4. The first-order valence-electron chi connectivity index (χ1n) is 10.8. The number of anilines is 2. The van der Waals surface area contributed by atoms with Crippen molar-refractivity contribution >= 4 is 17.3 Å². The van der Waals surface area contributed by atoms with E-state index in [-0.39, 0.29) is 11.9 Å². The summed E-state index contributed by atoms with van der Waals surface area (Å²) in [4.78, 5) is 17.1. The van der Waals surface area contributed by atoms with Gasteiger partial charge in [0.1, 0.15) is 0 Å². The van der Waals surface area contributed by atoms with Gasteiger partial charge in [-0.25, -0.2) is 0 Å². The van der Waals surface area contributed by atoms with Crippen LogP contribution in [-0.2, 0) is 0 Å². The number of allylic oxidation sites excluding steroid dienone is 3. The van der Waals surface area contributed by atoms with Gasteiger partial charge in [0.25, 0.3) is 5.91 Å². The second-order valence-electron chi connectivity index (χ2n) is 8.10. The molecule has 4 heteroatoms. The fourth-order valence-electron chi connectivity index (χ4n) is 4.05. The van der Waals surface area contributed by atoms with E-state index in [9.17, 15) is 4.79 Å². The molecule has 1 amide bonds. The van der Waals surface area contributed by atoms with Crippen molar-refractivity contribution in [1.82, 2.24) is 10.3 Å². The topological polar surface area (TPSA) is 54.0 Å². The Labute approximate surface area is 182 Å². The molecule has 0 unspecified atom stereocenters. The third-order valence-corrected chi connectivity index (χ3v) is 5.82. The minimum absolute atomic E-state index is 0.0120. The van der Waals surface area contributed by atoms with Gasteiger partial charge < -0.3 is 10.6 Å². The van der Waals surface area contributed by atoms with Crippen LogP contribution in [0.4, 0.5) is 11.4 Å². The van der Waals surface area contributed by atoms with Gasteiger partial charge in [0, 0.05) is 40.7 Å². The third-order valence-electron chi connectivity index (χ3n) is 5.82. The van der Waals surface area contributed by atoms with Crippen LogP contribution in [0.15, 0.2) is 96.7 Å². The molecular formula is C27H25N3O. The Hall–Kier alpha value is -3.66. The Morgan fingerprint density at radius 3 is 2.61 bits per heavy atom. The van der Waals surface area contributed by atoms with Crippen molar-refractivity contribution in [3.63, 3.8) is 0 Å². The maximum atomic E-state index is 12.7. The van der Waals surface area contributed by atoms with Gasteiger partial charge in [-0.15, -0.1) is 0 Å². The first-order valence-corrected chi connectivity index (χ1v) is 10.8. The number of pyridine rings is 1. The van der Waals surface area contributed by atoms with Gasteiger partial charge in [-0.2, -0.15) is 0 Å². The predicted octanol–water partition coefficient (Wildman–Crippen LogP) is 5.89. The van der Waals surface area contributed by atoms with Gasteiger partial charge in [0.05, 0.1) is 5.69 Å². The first kappa shape index (κ1) is 19.3. The molecule has 31 heavy (non-hydrogen) atoms. The van der Waals surface area contributed by atoms with Crippen LogP contribution in [0.2, 0.25) is 0 Å². The number of amides is 1. The van der Waals surface area contributed by atoms with E-state index in [1.807, 2.05) is 66.7 Å². The minimum Gasteiger partial charge on any atom is -0.356 e. The summed E-state index contributed by atoms with van der Waals surface area (Å²) in [7, 11) is 0. The molecule has 0 bridgehead atoms. The number of rotatable bonds is 6. The molecule has 2 aromatic carbocycles. The van der Waals surface area contributed by atoms with Gasteiger partial charge in [0.2, 0.25) is 0 Å². The second kappa shape index (κ2) is 8.60. The van der Waals surface area contributed by atoms with Crippen molar-refractivity contribution in [3.05, 3.63) is 102 Å². The number of hydrogen-bond donors (Lipinski definition) is 2. The number of aromatic nitrogens is 1. The molecule has 0 aliphatic heterocycles. The highest BCUT2D eigenvalue weighted by atomic mass is 16.1. The largest absolute Gasteiger partial charge is 0.356 e. The van der Waals surface area contributed by atoms with E-state index in [2.05, 4.69) is 33.8 Å². The lowest BCUT2D eigenvalue weighted by Crippen LogP contribution is -2.27. The summed E-state index contributed by atoms with van der Waals surface area (Å²) in [6.45, 7) is 0. The average molecular weight is 408 g/mol. The van der Waals surface area contributed by atoms with Crippen molar-refractivity contribution in [2.45, 2.75) is 25.3 Å². The Balaban J connectivity index is 1.22. The van der Waals surface area contributed by atoms with E-state index >= 15 is 0 Å². The minimum atomic E-state index is -0.0120. The van der Waals surface area contributed by atoms with Gasteiger partial charge >= 0.3 is 0 Å². The SMILES string of the molecule is O=C(N[C@@H]1C[C@H]1C1=CCCC=C1)c1cccc(Nc2ccc(-c3ccccn3)cc2)c1. The molecular weight excluding hydrogens is 382 g/mol. The van der Waals surface area contributed by atoms with E-state index in [4.69, 9.17) is 0 Å². The van der Waals surface area contributed by atoms with Crippen LogP contribution in [0, 0.1) is 5.92 Å². The van der Waals surface area contributed by atoms with Crippen LogP contribution in [0.5, 0.6) is 0 Å². The molecule has 0 saturated heterocycles. The fourth-order valence-corrected chi connectivity index (χ4v) is 4.05. The molecule has 0 radical (unpaired) electrons. The summed E-state index contributed by atoms with van der Waals surface area (Å²) in [6, 6.07) is 21.9. The smallest absolute Gasteiger partial charge is 0.251 e. The molecule has 2 N–H and O–H groups in total. The summed E-state index contributed by atoms with van der Waals surface area (Å²) in [5.74, 6) is 0.460. The van der Waals surface area contributed by atoms with Crippen molar-refractivity contribution in [3.8, 4) is 11.3 Å². The van der Waals surface area contributed by atoms with Crippen molar-refractivity contribution in [2.75, 3.05) is 5.32 Å². The molecule has 2 aliphatic carbocycles. The Bertz CT molecular complexity index is 1130. The monoisotopic (exact) mass is 407 g/mol. The summed E-state index contributed by atoms with van der Waals surface area (Å²) in [5, 5.41) is 6.57. The highest BCUT2D eigenvalue weighted by Crippen LogP contribution is 2.39. The lowest BCUT2D eigenvalue weighted by molar-refractivity contribution is 0.0950. The number of carbonyl (C=O) groups is 1. The van der Waals surface area contributed by atoms with E-state index in [0.717, 1.165) is 41.9 Å². The number of nitrogens with zero attached hydrogens (tertiary/aromatic N) is 1. The maximum Gasteiger partial charge on any atom is 0.251 e. The fraction of sp³-hybridized carbons (Fsp3) is 0.185. The second-order valence-corrected chi connectivity index (χ2v) is 8.10. The van der Waals surface area contributed by atoms with Crippen LogP contribution < -0.4 is 10.6 Å². The first-order chi connectivity index (χ1) is 15.3. The molecule has 0 spiro atoms. The zero-order valence-electron chi connectivity index (χ0n) is 17.3. The molecule has 5 rings (SSSR count). The standard InChI is InChI=1S/C27H25N3O/c31-27(30-26-18-24(26)19-7-2-1-3-8-19)21-9-6-10-23(17-21)29-22-14-12-20(13-15-22)25-11-4-5-16-28-25/h2,4-17,24,26,29H,1,3,18H2,(H,30,31)/t24-,26+/m0/s1. The molecule has 4 nitrogen and oxygen atoms in total. The van der Waals surface area contributed by atoms with Crippen LogP contribution in [0.1, 0.15) is 29.6 Å². The molecule has 2 aliphatic rings. The van der Waals surface area contributed by atoms with Crippen molar-refractivity contribution in [2.24, 2.45) is 5.92 Å². The highest BCUT2D eigenvalue weighted by molar-refractivity contribution is 5.95. The summed E-state index contributed by atoms with van der Waals surface area (Å²) in [5.41, 5.74) is 5.93. The van der Waals surface area contributed by atoms with E-state index < -0.39 is 0 Å². The molecule has 1 saturated carbocycles. The van der Waals surface area contributed by atoms with Crippen LogP contribution in [0.3, 0.4) is 0 Å². The molecule has 1 fully saturated rings. The zero-order chi connectivity index (χ0) is 21.0. The van der Waals surface area contributed by atoms with Gasteiger partial charge in [0.15, 0.2) is 0 Å². The predicted molar refractivity (Wildman–Crippen MR) is 125 cm³/mol. The summed E-state index contributed by atoms with van der Waals surface area (Å²) >= 11 is 0. The summed E-state index contributed by atoms with van der Waals surface area (Å²) in [6.07, 6.45) is 11.8. The van der Waals surface area contributed by atoms with E-state index in [1.54, 1.807) is 6.20 Å². The number of hydrogen-bond acceptors (Lipinski definition) is 3. The summed E-state index contributed by atoms with van der Waals surface area (Å²) < 4.78 is 0. The lowest BCUT2D eigenvalue weighted by atomic mass is 10.0. The Kier molecular flexibility index (Phi) is 5.36. The molecule has 3 aromatic rings. The molecule has 1 heterocycles. The number of carbonyl (C=O) groups excluding carboxylic acids is 1. The molecule has 2 atom stereocenters. The highest BCUT2D eigenvalue weighted by Gasteiger charge is 2.40. The third kappa shape index (κ3) is 4.58. The Morgan fingerprint density at radius 1 is 0.935 bits per heavy atom. The van der Waals surface area contributed by atoms with Crippen LogP contribution >= 0.6 is 0 Å². The number of benzene rings is 2.